The summed E-state index contributed by atoms with van der Waals surface area (Å²) < 4.78 is 5.64. The number of methoxy groups -OCH3 is 1. The third kappa shape index (κ3) is 2.11. The molecule has 1 saturated carbocycles. The van der Waals surface area contributed by atoms with E-state index in [1.807, 2.05) is 25.1 Å². The summed E-state index contributed by atoms with van der Waals surface area (Å²) in [5.41, 5.74) is 0.552. The molecular weight excluding hydrogens is 252 g/mol. The summed E-state index contributed by atoms with van der Waals surface area (Å²) in [5, 5.41) is 10.9. The Bertz CT molecular complexity index is 563. The fourth-order valence-electron chi connectivity index (χ4n) is 3.71. The average Bonchev–Trinajstić information content (AvgIpc) is 2.72. The Morgan fingerprint density at radius 3 is 2.65 bits per heavy atom. The maximum Gasteiger partial charge on any atom is 0.158 e. The van der Waals surface area contributed by atoms with Crippen molar-refractivity contribution >= 4 is 5.78 Å². The van der Waals surface area contributed by atoms with Crippen LogP contribution in [-0.2, 0) is 9.53 Å². The zero-order valence-electron chi connectivity index (χ0n) is 11.9. The van der Waals surface area contributed by atoms with Crippen LogP contribution in [0.25, 0.3) is 0 Å². The van der Waals surface area contributed by atoms with E-state index in [9.17, 15) is 9.90 Å². The highest BCUT2D eigenvalue weighted by molar-refractivity contribution is 5.95. The van der Waals surface area contributed by atoms with E-state index in [1.165, 1.54) is 0 Å². The maximum absolute atomic E-state index is 11.8. The van der Waals surface area contributed by atoms with Crippen molar-refractivity contribution in [2.75, 3.05) is 7.11 Å². The molecule has 0 saturated heterocycles. The molecule has 2 aliphatic rings. The van der Waals surface area contributed by atoms with Crippen LogP contribution in [0.4, 0.5) is 0 Å². The minimum atomic E-state index is -1.04. The summed E-state index contributed by atoms with van der Waals surface area (Å²) in [6.45, 7) is 2.01. The quantitative estimate of drug-likeness (QED) is 0.900. The van der Waals surface area contributed by atoms with E-state index in [0.717, 1.165) is 17.6 Å². The Balaban J connectivity index is 2.07. The maximum atomic E-state index is 11.8. The molecule has 1 aromatic carbocycles. The van der Waals surface area contributed by atoms with Crippen LogP contribution >= 0.6 is 0 Å². The third-order valence-corrected chi connectivity index (χ3v) is 4.69. The summed E-state index contributed by atoms with van der Waals surface area (Å²) in [6, 6.07) is 10.1. The summed E-state index contributed by atoms with van der Waals surface area (Å²) in [5.74, 6) is 0.0649. The van der Waals surface area contributed by atoms with Crippen molar-refractivity contribution in [2.24, 2.45) is 0 Å². The minimum Gasteiger partial charge on any atom is -0.385 e. The second kappa shape index (κ2) is 4.54. The number of carbonyl (C=O) groups is 1. The summed E-state index contributed by atoms with van der Waals surface area (Å²) in [6.07, 6.45) is 3.10. The molecule has 0 bridgehead atoms. The number of ketones is 1. The van der Waals surface area contributed by atoms with Crippen LogP contribution in [0.5, 0.6) is 0 Å². The lowest BCUT2D eigenvalue weighted by Gasteiger charge is -2.46. The first-order valence-corrected chi connectivity index (χ1v) is 7.03. The molecule has 1 N–H and O–H groups in total. The average molecular weight is 272 g/mol. The van der Waals surface area contributed by atoms with Crippen LogP contribution in [0, 0.1) is 0 Å². The third-order valence-electron chi connectivity index (χ3n) is 4.69. The Kier molecular flexibility index (Phi) is 3.07. The SMILES string of the molecule is CO[C@]1(C)C[C@@H](c2ccccc2)C2=CC(=O)C[C@]2(O)C1. The van der Waals surface area contributed by atoms with Crippen LogP contribution < -0.4 is 0 Å². The molecule has 0 amide bonds. The van der Waals surface area contributed by atoms with Gasteiger partial charge in [-0.1, -0.05) is 30.3 Å². The molecular formula is C17H20O3. The van der Waals surface area contributed by atoms with Gasteiger partial charge in [-0.2, -0.15) is 0 Å². The van der Waals surface area contributed by atoms with Gasteiger partial charge < -0.3 is 9.84 Å². The van der Waals surface area contributed by atoms with Gasteiger partial charge in [0.25, 0.3) is 0 Å². The second-order valence-corrected chi connectivity index (χ2v) is 6.27. The van der Waals surface area contributed by atoms with E-state index in [4.69, 9.17) is 4.74 Å². The van der Waals surface area contributed by atoms with Gasteiger partial charge in [0, 0.05) is 25.9 Å². The van der Waals surface area contributed by atoms with E-state index in [2.05, 4.69) is 12.1 Å². The first-order chi connectivity index (χ1) is 9.46. The predicted molar refractivity (Wildman–Crippen MR) is 76.5 cm³/mol. The van der Waals surface area contributed by atoms with Gasteiger partial charge in [0.2, 0.25) is 0 Å². The van der Waals surface area contributed by atoms with Gasteiger partial charge in [-0.25, -0.2) is 0 Å². The summed E-state index contributed by atoms with van der Waals surface area (Å²) in [4.78, 5) is 11.8. The first-order valence-electron chi connectivity index (χ1n) is 7.03. The molecule has 0 heterocycles. The number of hydrogen-bond acceptors (Lipinski definition) is 3. The van der Waals surface area contributed by atoms with Gasteiger partial charge >= 0.3 is 0 Å². The first kappa shape index (κ1) is 13.5. The molecule has 3 nitrogen and oxygen atoms in total. The van der Waals surface area contributed by atoms with Crippen molar-refractivity contribution in [3.8, 4) is 0 Å². The highest BCUT2D eigenvalue weighted by Crippen LogP contribution is 2.52. The molecule has 3 atom stereocenters. The molecule has 1 aromatic rings. The van der Waals surface area contributed by atoms with Crippen LogP contribution in [0.3, 0.4) is 0 Å². The van der Waals surface area contributed by atoms with Gasteiger partial charge in [-0.05, 0) is 30.6 Å². The number of benzene rings is 1. The standard InChI is InChI=1S/C17H20O3/c1-16(20-2)10-14(12-6-4-3-5-7-12)15-8-13(18)9-17(15,19)11-16/h3-8,14,19H,9-11H2,1-2H3/t14-,16+,17-/m0/s1. The smallest absolute Gasteiger partial charge is 0.158 e. The number of hydrogen-bond donors (Lipinski definition) is 1. The lowest BCUT2D eigenvalue weighted by Crippen LogP contribution is -2.48. The topological polar surface area (TPSA) is 46.5 Å². The molecule has 0 aliphatic heterocycles. The van der Waals surface area contributed by atoms with E-state index in [-0.39, 0.29) is 18.1 Å². The van der Waals surface area contributed by atoms with Gasteiger partial charge in [0.15, 0.2) is 5.78 Å². The minimum absolute atomic E-state index is 0.0174. The van der Waals surface area contributed by atoms with Gasteiger partial charge in [-0.3, -0.25) is 4.79 Å². The molecule has 2 aliphatic carbocycles. The van der Waals surface area contributed by atoms with Gasteiger partial charge in [-0.15, -0.1) is 0 Å². The van der Waals surface area contributed by atoms with Crippen molar-refractivity contribution in [1.82, 2.24) is 0 Å². The molecule has 0 aromatic heterocycles. The van der Waals surface area contributed by atoms with Gasteiger partial charge in [0.1, 0.15) is 0 Å². The predicted octanol–water partition coefficient (Wildman–Crippen LogP) is 2.60. The zero-order chi connectivity index (χ0) is 14.4. The Hall–Kier alpha value is -1.45. The highest BCUT2D eigenvalue weighted by atomic mass is 16.5. The molecule has 0 unspecified atom stereocenters. The summed E-state index contributed by atoms with van der Waals surface area (Å²) in [7, 11) is 1.68. The van der Waals surface area contributed by atoms with Crippen LogP contribution in [-0.4, -0.2) is 29.2 Å². The Labute approximate surface area is 119 Å². The molecule has 1 fully saturated rings. The number of rotatable bonds is 2. The fourth-order valence-corrected chi connectivity index (χ4v) is 3.71. The van der Waals surface area contributed by atoms with Crippen molar-refractivity contribution in [1.29, 1.82) is 0 Å². The van der Waals surface area contributed by atoms with E-state index >= 15 is 0 Å². The normalized spacial score (nSPS) is 36.6. The van der Waals surface area contributed by atoms with Crippen molar-refractivity contribution in [2.45, 2.75) is 43.3 Å². The lowest BCUT2D eigenvalue weighted by molar-refractivity contribution is -0.120. The van der Waals surface area contributed by atoms with Crippen molar-refractivity contribution < 1.29 is 14.6 Å². The Morgan fingerprint density at radius 2 is 2.00 bits per heavy atom. The molecule has 0 spiro atoms. The van der Waals surface area contributed by atoms with Crippen molar-refractivity contribution in [3.05, 3.63) is 47.5 Å². The lowest BCUT2D eigenvalue weighted by atomic mass is 9.66. The van der Waals surface area contributed by atoms with E-state index in [1.54, 1.807) is 13.2 Å². The molecule has 3 heteroatoms. The van der Waals surface area contributed by atoms with Gasteiger partial charge in [0.05, 0.1) is 11.2 Å². The monoisotopic (exact) mass is 272 g/mol. The van der Waals surface area contributed by atoms with Crippen LogP contribution in [0.1, 0.15) is 37.7 Å². The number of aliphatic hydroxyl groups is 1. The molecule has 20 heavy (non-hydrogen) atoms. The second-order valence-electron chi connectivity index (χ2n) is 6.27. The Morgan fingerprint density at radius 1 is 1.30 bits per heavy atom. The fraction of sp³-hybridized carbons (Fsp3) is 0.471. The van der Waals surface area contributed by atoms with E-state index < -0.39 is 11.2 Å². The van der Waals surface area contributed by atoms with E-state index in [0.29, 0.717) is 6.42 Å². The number of allylic oxidation sites excluding steroid dienone is 1. The van der Waals surface area contributed by atoms with Crippen LogP contribution in [0.2, 0.25) is 0 Å². The largest absolute Gasteiger partial charge is 0.385 e. The highest BCUT2D eigenvalue weighted by Gasteiger charge is 2.52. The number of ether oxygens (including phenoxy) is 1. The number of fused-ring (bicyclic) bond motifs is 1. The zero-order valence-corrected chi connectivity index (χ0v) is 11.9. The number of carbonyl (C=O) groups excluding carboxylic acids is 1. The summed E-state index contributed by atoms with van der Waals surface area (Å²) >= 11 is 0. The van der Waals surface area contributed by atoms with Crippen molar-refractivity contribution in [3.63, 3.8) is 0 Å². The molecule has 3 rings (SSSR count). The van der Waals surface area contributed by atoms with Crippen LogP contribution in [0.15, 0.2) is 42.0 Å². The molecule has 106 valence electrons. The molecule has 0 radical (unpaired) electrons.